The molecule has 8 nitrogen and oxygen atoms in total. The van der Waals surface area contributed by atoms with Crippen LogP contribution < -0.4 is 14.2 Å². The van der Waals surface area contributed by atoms with Crippen molar-refractivity contribution in [3.05, 3.63) is 17.7 Å². The number of β-amino-alcohol motifs (C(OH)–C–C–N with tert-alkyl or cyclic N) is 1. The van der Waals surface area contributed by atoms with Gasteiger partial charge in [-0.2, -0.15) is 0 Å². The average molecular weight is 325 g/mol. The van der Waals surface area contributed by atoms with E-state index in [-0.39, 0.29) is 18.5 Å². The number of nitrogens with zero attached hydrogens (tertiary/aromatic N) is 1. The summed E-state index contributed by atoms with van der Waals surface area (Å²) in [5, 5.41) is 18.9. The quantitative estimate of drug-likeness (QED) is 0.806. The van der Waals surface area contributed by atoms with Gasteiger partial charge in [0.2, 0.25) is 5.75 Å². The summed E-state index contributed by atoms with van der Waals surface area (Å²) in [5.74, 6) is -0.748. The highest BCUT2D eigenvalue weighted by atomic mass is 16.5. The number of benzene rings is 1. The molecule has 2 unspecified atom stereocenters. The first-order valence-corrected chi connectivity index (χ1v) is 6.94. The van der Waals surface area contributed by atoms with Crippen LogP contribution >= 0.6 is 0 Å². The number of aliphatic carboxylic acids is 1. The van der Waals surface area contributed by atoms with Crippen molar-refractivity contribution in [2.24, 2.45) is 0 Å². The molecule has 0 aliphatic carbocycles. The number of hydrogen-bond acceptors (Lipinski definition) is 6. The molecule has 1 fully saturated rings. The van der Waals surface area contributed by atoms with Crippen molar-refractivity contribution in [2.45, 2.75) is 18.6 Å². The van der Waals surface area contributed by atoms with Crippen molar-refractivity contribution in [1.29, 1.82) is 0 Å². The summed E-state index contributed by atoms with van der Waals surface area (Å²) in [6, 6.07) is 1.84. The van der Waals surface area contributed by atoms with Gasteiger partial charge in [-0.05, 0) is 12.1 Å². The van der Waals surface area contributed by atoms with Crippen molar-refractivity contribution in [2.75, 3.05) is 27.9 Å². The van der Waals surface area contributed by atoms with Crippen molar-refractivity contribution in [1.82, 2.24) is 4.90 Å². The first-order chi connectivity index (χ1) is 10.9. The summed E-state index contributed by atoms with van der Waals surface area (Å²) in [6.07, 6.45) is -0.854. The van der Waals surface area contributed by atoms with Gasteiger partial charge in [-0.25, -0.2) is 4.79 Å². The number of carbonyl (C=O) groups is 2. The van der Waals surface area contributed by atoms with E-state index < -0.39 is 24.0 Å². The van der Waals surface area contributed by atoms with Crippen molar-refractivity contribution in [3.8, 4) is 17.2 Å². The van der Waals surface area contributed by atoms with Gasteiger partial charge in [0.05, 0.1) is 27.4 Å². The lowest BCUT2D eigenvalue weighted by atomic mass is 10.1. The summed E-state index contributed by atoms with van der Waals surface area (Å²) < 4.78 is 15.6. The van der Waals surface area contributed by atoms with Crippen LogP contribution in [0.3, 0.4) is 0 Å². The Hall–Kier alpha value is -2.48. The molecule has 23 heavy (non-hydrogen) atoms. The largest absolute Gasteiger partial charge is 0.493 e. The highest BCUT2D eigenvalue weighted by molar-refractivity contribution is 5.98. The maximum absolute atomic E-state index is 12.6. The Balaban J connectivity index is 2.41. The molecule has 1 amide bonds. The second kappa shape index (κ2) is 6.74. The lowest BCUT2D eigenvalue weighted by Gasteiger charge is -2.22. The maximum Gasteiger partial charge on any atom is 0.326 e. The van der Waals surface area contributed by atoms with E-state index in [2.05, 4.69) is 0 Å². The molecular formula is C15H19NO7. The highest BCUT2D eigenvalue weighted by Crippen LogP contribution is 2.38. The number of aliphatic hydroxyl groups excluding tert-OH is 1. The van der Waals surface area contributed by atoms with E-state index in [1.54, 1.807) is 0 Å². The Bertz CT molecular complexity index is 591. The molecule has 1 saturated heterocycles. The first-order valence-electron chi connectivity index (χ1n) is 6.94. The van der Waals surface area contributed by atoms with E-state index in [9.17, 15) is 19.8 Å². The van der Waals surface area contributed by atoms with Gasteiger partial charge in [-0.15, -0.1) is 0 Å². The Morgan fingerprint density at radius 3 is 2.13 bits per heavy atom. The van der Waals surface area contributed by atoms with Gasteiger partial charge in [0.15, 0.2) is 11.5 Å². The molecule has 1 aromatic rings. The van der Waals surface area contributed by atoms with Crippen LogP contribution in [0, 0.1) is 0 Å². The molecule has 2 atom stereocenters. The molecule has 0 bridgehead atoms. The van der Waals surface area contributed by atoms with Crippen LogP contribution in [-0.4, -0.2) is 67.0 Å². The molecule has 1 aliphatic heterocycles. The lowest BCUT2D eigenvalue weighted by Crippen LogP contribution is -2.40. The zero-order valence-electron chi connectivity index (χ0n) is 13.1. The van der Waals surface area contributed by atoms with Crippen LogP contribution in [0.15, 0.2) is 12.1 Å². The molecule has 2 N–H and O–H groups in total. The van der Waals surface area contributed by atoms with Gasteiger partial charge in [-0.3, -0.25) is 4.79 Å². The predicted octanol–water partition coefficient (Wildman–Crippen LogP) is 0.372. The van der Waals surface area contributed by atoms with Crippen LogP contribution in [0.1, 0.15) is 16.8 Å². The summed E-state index contributed by atoms with van der Waals surface area (Å²) in [7, 11) is 4.29. The number of methoxy groups -OCH3 is 3. The number of rotatable bonds is 5. The number of carboxylic acid groups (broad SMARTS) is 1. The Morgan fingerprint density at radius 1 is 1.13 bits per heavy atom. The standard InChI is InChI=1S/C15H19NO7/c1-21-11-4-8(5-12(22-2)13(11)23-3)14(18)16-7-9(17)6-10(16)15(19)20/h4-5,9-10,17H,6-7H2,1-3H3,(H,19,20). The second-order valence-electron chi connectivity index (χ2n) is 5.12. The van der Waals surface area contributed by atoms with E-state index in [1.807, 2.05) is 0 Å². The normalized spacial score (nSPS) is 20.3. The van der Waals surface area contributed by atoms with Crippen LogP contribution in [0.5, 0.6) is 17.2 Å². The molecule has 0 aromatic heterocycles. The molecule has 1 aliphatic rings. The van der Waals surface area contributed by atoms with E-state index in [0.29, 0.717) is 17.2 Å². The van der Waals surface area contributed by atoms with Crippen molar-refractivity contribution >= 4 is 11.9 Å². The number of likely N-dealkylation sites (tertiary alicyclic amines) is 1. The number of ether oxygens (including phenoxy) is 3. The number of hydrogen-bond donors (Lipinski definition) is 2. The molecule has 0 saturated carbocycles. The molecule has 0 radical (unpaired) electrons. The fraction of sp³-hybridized carbons (Fsp3) is 0.467. The maximum atomic E-state index is 12.6. The Labute approximate surface area is 133 Å². The SMILES string of the molecule is COc1cc(C(=O)N2CC(O)CC2C(=O)O)cc(OC)c1OC. The summed E-state index contributed by atoms with van der Waals surface area (Å²) in [6.45, 7) is -0.0353. The summed E-state index contributed by atoms with van der Waals surface area (Å²) >= 11 is 0. The molecule has 0 spiro atoms. The minimum atomic E-state index is -1.15. The van der Waals surface area contributed by atoms with E-state index in [4.69, 9.17) is 14.2 Å². The van der Waals surface area contributed by atoms with Crippen molar-refractivity contribution in [3.63, 3.8) is 0 Å². The van der Waals surface area contributed by atoms with Crippen LogP contribution in [-0.2, 0) is 4.79 Å². The lowest BCUT2D eigenvalue weighted by molar-refractivity contribution is -0.141. The van der Waals surface area contributed by atoms with Crippen LogP contribution in [0.4, 0.5) is 0 Å². The van der Waals surface area contributed by atoms with Gasteiger partial charge in [-0.1, -0.05) is 0 Å². The van der Waals surface area contributed by atoms with Crippen LogP contribution in [0.2, 0.25) is 0 Å². The first kappa shape index (κ1) is 16.9. The fourth-order valence-electron chi connectivity index (χ4n) is 2.64. The Kier molecular flexibility index (Phi) is 4.95. The second-order valence-corrected chi connectivity index (χ2v) is 5.12. The zero-order valence-corrected chi connectivity index (χ0v) is 13.1. The Morgan fingerprint density at radius 2 is 1.70 bits per heavy atom. The number of carboxylic acids is 1. The topological polar surface area (TPSA) is 106 Å². The highest BCUT2D eigenvalue weighted by Gasteiger charge is 2.39. The molecular weight excluding hydrogens is 306 g/mol. The van der Waals surface area contributed by atoms with Crippen molar-refractivity contribution < 1.29 is 34.0 Å². The van der Waals surface area contributed by atoms with Crippen LogP contribution in [0.25, 0.3) is 0 Å². The molecule has 1 heterocycles. The molecule has 126 valence electrons. The molecule has 8 heteroatoms. The third-order valence-electron chi connectivity index (χ3n) is 3.74. The monoisotopic (exact) mass is 325 g/mol. The fourth-order valence-corrected chi connectivity index (χ4v) is 2.64. The third kappa shape index (κ3) is 3.16. The smallest absolute Gasteiger partial charge is 0.326 e. The molecule has 2 rings (SSSR count). The number of amides is 1. The van der Waals surface area contributed by atoms with Gasteiger partial charge < -0.3 is 29.3 Å². The predicted molar refractivity (Wildman–Crippen MR) is 79.2 cm³/mol. The van der Waals surface area contributed by atoms with Gasteiger partial charge >= 0.3 is 5.97 Å². The summed E-state index contributed by atoms with van der Waals surface area (Å²) in [4.78, 5) is 25.0. The third-order valence-corrected chi connectivity index (χ3v) is 3.74. The zero-order chi connectivity index (χ0) is 17.1. The minimum absolute atomic E-state index is 0.00545. The van der Waals surface area contributed by atoms with E-state index in [1.165, 1.54) is 33.5 Å². The van der Waals surface area contributed by atoms with E-state index >= 15 is 0 Å². The summed E-state index contributed by atoms with van der Waals surface area (Å²) in [5.41, 5.74) is 0.194. The average Bonchev–Trinajstić information content (AvgIpc) is 2.94. The number of aliphatic hydroxyl groups is 1. The van der Waals surface area contributed by atoms with Gasteiger partial charge in [0, 0.05) is 18.5 Å². The van der Waals surface area contributed by atoms with E-state index in [0.717, 1.165) is 4.90 Å². The van der Waals surface area contributed by atoms with Gasteiger partial charge in [0.25, 0.3) is 5.91 Å². The minimum Gasteiger partial charge on any atom is -0.493 e. The number of carbonyl (C=O) groups excluding carboxylic acids is 1. The van der Waals surface area contributed by atoms with Gasteiger partial charge in [0.1, 0.15) is 6.04 Å². The molecule has 1 aromatic carbocycles.